The third-order valence-corrected chi connectivity index (χ3v) is 3.66. The van der Waals surface area contributed by atoms with E-state index in [0.29, 0.717) is 5.56 Å². The fraction of sp³-hybridized carbons (Fsp3) is 0.263. The fourth-order valence-corrected chi connectivity index (χ4v) is 2.31. The van der Waals surface area contributed by atoms with Gasteiger partial charge in [0, 0.05) is 11.1 Å². The van der Waals surface area contributed by atoms with Crippen LogP contribution in [0.3, 0.4) is 0 Å². The summed E-state index contributed by atoms with van der Waals surface area (Å²) in [5.41, 5.74) is 2.73. The maximum atomic E-state index is 12.6. The van der Waals surface area contributed by atoms with Crippen LogP contribution in [0, 0.1) is 6.92 Å². The summed E-state index contributed by atoms with van der Waals surface area (Å²) in [5, 5.41) is 9.28. The molecule has 22 heavy (non-hydrogen) atoms. The van der Waals surface area contributed by atoms with E-state index in [4.69, 9.17) is 0 Å². The topological polar surface area (TPSA) is 54.4 Å². The average molecular weight is 296 g/mol. The average Bonchev–Trinajstić information content (AvgIpc) is 2.45. The predicted octanol–water partition coefficient (Wildman–Crippen LogP) is 4.22. The molecule has 0 aliphatic carbocycles. The Labute approximate surface area is 130 Å². The highest BCUT2D eigenvalue weighted by Crippen LogP contribution is 2.23. The highest BCUT2D eigenvalue weighted by molar-refractivity contribution is 6.14. The lowest BCUT2D eigenvalue weighted by Crippen LogP contribution is -2.13. The van der Waals surface area contributed by atoms with Crippen LogP contribution in [0.2, 0.25) is 0 Å². The fourth-order valence-electron chi connectivity index (χ4n) is 2.31. The molecule has 2 rings (SSSR count). The number of aryl methyl sites for hydroxylation is 1. The minimum absolute atomic E-state index is 0.0116. The molecule has 0 saturated carbocycles. The Bertz CT molecular complexity index is 719. The zero-order chi connectivity index (χ0) is 16.5. The van der Waals surface area contributed by atoms with Gasteiger partial charge in [0.15, 0.2) is 5.78 Å². The normalized spacial score (nSPS) is 11.3. The van der Waals surface area contributed by atoms with Crippen LogP contribution >= 0.6 is 0 Å². The molecule has 114 valence electrons. The number of hydrogen-bond acceptors (Lipinski definition) is 2. The van der Waals surface area contributed by atoms with Crippen molar-refractivity contribution >= 4 is 11.8 Å². The van der Waals surface area contributed by atoms with E-state index in [2.05, 4.69) is 20.8 Å². The molecule has 0 fully saturated rings. The van der Waals surface area contributed by atoms with Crippen molar-refractivity contribution in [1.82, 2.24) is 0 Å². The summed E-state index contributed by atoms with van der Waals surface area (Å²) >= 11 is 0. The molecule has 3 nitrogen and oxygen atoms in total. The molecule has 0 aromatic heterocycles. The van der Waals surface area contributed by atoms with Gasteiger partial charge in [-0.3, -0.25) is 4.79 Å². The van der Waals surface area contributed by atoms with Crippen LogP contribution in [0.15, 0.2) is 42.5 Å². The van der Waals surface area contributed by atoms with Crippen molar-refractivity contribution in [2.75, 3.05) is 0 Å². The summed E-state index contributed by atoms with van der Waals surface area (Å²) < 4.78 is 0. The van der Waals surface area contributed by atoms with Crippen LogP contribution < -0.4 is 0 Å². The highest BCUT2D eigenvalue weighted by atomic mass is 16.4. The van der Waals surface area contributed by atoms with Gasteiger partial charge in [0.2, 0.25) is 0 Å². The third kappa shape index (κ3) is 3.25. The Morgan fingerprint density at radius 1 is 0.909 bits per heavy atom. The number of carbonyl (C=O) groups excluding carboxylic acids is 1. The van der Waals surface area contributed by atoms with Gasteiger partial charge in [-0.2, -0.15) is 0 Å². The predicted molar refractivity (Wildman–Crippen MR) is 86.7 cm³/mol. The molecule has 1 N–H and O–H groups in total. The number of carbonyl (C=O) groups is 2. The van der Waals surface area contributed by atoms with Crippen LogP contribution in [0.1, 0.15) is 58.2 Å². The Hall–Kier alpha value is -2.42. The van der Waals surface area contributed by atoms with Crippen LogP contribution in [0.5, 0.6) is 0 Å². The molecule has 0 saturated heterocycles. The second-order valence-corrected chi connectivity index (χ2v) is 6.51. The standard InChI is InChI=1S/C19H20O3/c1-12-5-10-15(16(11-12)18(21)22)17(20)13-6-8-14(9-7-13)19(2,3)4/h5-11H,1-4H3,(H,21,22). The number of carboxylic acid groups (broad SMARTS) is 1. The molecule has 2 aromatic carbocycles. The first-order chi connectivity index (χ1) is 10.2. The van der Waals surface area contributed by atoms with Gasteiger partial charge in [-0.1, -0.05) is 56.7 Å². The first-order valence-corrected chi connectivity index (χ1v) is 7.19. The zero-order valence-corrected chi connectivity index (χ0v) is 13.3. The first kappa shape index (κ1) is 16.0. The van der Waals surface area contributed by atoms with E-state index in [0.717, 1.165) is 11.1 Å². The Balaban J connectivity index is 2.43. The van der Waals surface area contributed by atoms with Crippen LogP contribution in [-0.2, 0) is 5.41 Å². The zero-order valence-electron chi connectivity index (χ0n) is 13.3. The second kappa shape index (κ2) is 5.76. The van der Waals surface area contributed by atoms with E-state index in [9.17, 15) is 14.7 Å². The Morgan fingerprint density at radius 3 is 2.00 bits per heavy atom. The molecule has 0 heterocycles. The molecule has 0 radical (unpaired) electrons. The quantitative estimate of drug-likeness (QED) is 0.863. The number of hydrogen-bond donors (Lipinski definition) is 1. The lowest BCUT2D eigenvalue weighted by atomic mass is 9.86. The van der Waals surface area contributed by atoms with Crippen molar-refractivity contribution in [3.8, 4) is 0 Å². The largest absolute Gasteiger partial charge is 0.478 e. The van der Waals surface area contributed by atoms with Crippen molar-refractivity contribution in [2.24, 2.45) is 0 Å². The summed E-state index contributed by atoms with van der Waals surface area (Å²) in [6, 6.07) is 12.2. The molecule has 0 aliphatic rings. The van der Waals surface area contributed by atoms with E-state index < -0.39 is 5.97 Å². The second-order valence-electron chi connectivity index (χ2n) is 6.51. The maximum absolute atomic E-state index is 12.6. The van der Waals surface area contributed by atoms with Crippen LogP contribution in [0.25, 0.3) is 0 Å². The molecular weight excluding hydrogens is 276 g/mol. The van der Waals surface area contributed by atoms with Crippen LogP contribution in [0.4, 0.5) is 0 Å². The molecule has 3 heteroatoms. The van der Waals surface area contributed by atoms with Crippen molar-refractivity contribution in [3.63, 3.8) is 0 Å². The molecule has 2 aromatic rings. The van der Waals surface area contributed by atoms with E-state index in [1.807, 2.05) is 12.1 Å². The molecular formula is C19H20O3. The molecule has 0 atom stereocenters. The number of carboxylic acids is 1. The van der Waals surface area contributed by atoms with Gasteiger partial charge in [0.1, 0.15) is 0 Å². The van der Waals surface area contributed by atoms with Gasteiger partial charge in [0.05, 0.1) is 5.56 Å². The number of benzene rings is 2. The summed E-state index contributed by atoms with van der Waals surface area (Å²) in [6.07, 6.45) is 0. The van der Waals surface area contributed by atoms with E-state index in [1.54, 1.807) is 31.2 Å². The molecule has 0 spiro atoms. The smallest absolute Gasteiger partial charge is 0.336 e. The third-order valence-electron chi connectivity index (χ3n) is 3.66. The maximum Gasteiger partial charge on any atom is 0.336 e. The van der Waals surface area contributed by atoms with Crippen molar-refractivity contribution in [1.29, 1.82) is 0 Å². The van der Waals surface area contributed by atoms with Gasteiger partial charge in [-0.05, 0) is 30.0 Å². The lowest BCUT2D eigenvalue weighted by Gasteiger charge is -2.19. The van der Waals surface area contributed by atoms with Gasteiger partial charge in [0.25, 0.3) is 0 Å². The van der Waals surface area contributed by atoms with E-state index in [-0.39, 0.29) is 22.3 Å². The molecule has 0 bridgehead atoms. The van der Waals surface area contributed by atoms with Gasteiger partial charge >= 0.3 is 5.97 Å². The monoisotopic (exact) mass is 296 g/mol. The number of ketones is 1. The van der Waals surface area contributed by atoms with Crippen molar-refractivity contribution < 1.29 is 14.7 Å². The van der Waals surface area contributed by atoms with E-state index in [1.165, 1.54) is 6.07 Å². The molecule has 0 aliphatic heterocycles. The Morgan fingerprint density at radius 2 is 1.50 bits per heavy atom. The van der Waals surface area contributed by atoms with Crippen molar-refractivity contribution in [3.05, 3.63) is 70.3 Å². The molecule has 0 amide bonds. The van der Waals surface area contributed by atoms with Gasteiger partial charge in [-0.15, -0.1) is 0 Å². The van der Waals surface area contributed by atoms with Crippen LogP contribution in [-0.4, -0.2) is 16.9 Å². The summed E-state index contributed by atoms with van der Waals surface area (Å²) in [5.74, 6) is -1.35. The minimum atomic E-state index is -1.08. The number of rotatable bonds is 3. The van der Waals surface area contributed by atoms with Gasteiger partial charge in [-0.25, -0.2) is 4.79 Å². The van der Waals surface area contributed by atoms with Gasteiger partial charge < -0.3 is 5.11 Å². The molecule has 0 unspecified atom stereocenters. The van der Waals surface area contributed by atoms with E-state index >= 15 is 0 Å². The summed E-state index contributed by atoms with van der Waals surface area (Å²) in [7, 11) is 0. The first-order valence-electron chi connectivity index (χ1n) is 7.19. The minimum Gasteiger partial charge on any atom is -0.478 e. The lowest BCUT2D eigenvalue weighted by molar-refractivity contribution is 0.0692. The van der Waals surface area contributed by atoms with Crippen molar-refractivity contribution in [2.45, 2.75) is 33.1 Å². The number of aromatic carboxylic acids is 1. The SMILES string of the molecule is Cc1ccc(C(=O)c2ccc(C(C)(C)C)cc2)c(C(=O)O)c1. The Kier molecular flexibility index (Phi) is 4.18. The highest BCUT2D eigenvalue weighted by Gasteiger charge is 2.19. The summed E-state index contributed by atoms with van der Waals surface area (Å²) in [6.45, 7) is 8.11. The summed E-state index contributed by atoms with van der Waals surface area (Å²) in [4.78, 5) is 23.9.